The molecule has 4 heteroatoms. The molecule has 2 heterocycles. The summed E-state index contributed by atoms with van der Waals surface area (Å²) < 4.78 is 0. The highest BCUT2D eigenvalue weighted by Gasteiger charge is 2.56. The predicted octanol–water partition coefficient (Wildman–Crippen LogP) is -0.242. The maximum absolute atomic E-state index is 11.7. The van der Waals surface area contributed by atoms with Gasteiger partial charge in [-0.3, -0.25) is 9.63 Å². The smallest absolute Gasteiger partial charge is 0.253 e. The first-order valence-corrected chi connectivity index (χ1v) is 4.24. The number of hydrogen-bond donors (Lipinski definition) is 1. The largest absolute Gasteiger partial charge is 0.313 e. The fourth-order valence-corrected chi connectivity index (χ4v) is 2.18. The molecule has 1 saturated carbocycles. The maximum Gasteiger partial charge on any atom is 0.253 e. The summed E-state index contributed by atoms with van der Waals surface area (Å²) in [6.07, 6.45) is 1.97. The second-order valence-corrected chi connectivity index (χ2v) is 3.75. The third kappa shape index (κ3) is 0.881. The normalized spacial score (nSPS) is 37.7. The Morgan fingerprint density at radius 1 is 1.67 bits per heavy atom. The summed E-state index contributed by atoms with van der Waals surface area (Å²) >= 11 is 0. The van der Waals surface area contributed by atoms with Crippen LogP contribution >= 0.6 is 0 Å². The second kappa shape index (κ2) is 2.44. The highest BCUT2D eigenvalue weighted by molar-refractivity contribution is 5.84. The van der Waals surface area contributed by atoms with Crippen LogP contribution in [-0.2, 0) is 9.63 Å². The third-order valence-corrected chi connectivity index (χ3v) is 3.02. The molecule has 68 valence electrons. The van der Waals surface area contributed by atoms with E-state index in [-0.39, 0.29) is 11.3 Å². The number of hydroxylamine groups is 2. The van der Waals surface area contributed by atoms with Crippen LogP contribution in [0.2, 0.25) is 0 Å². The van der Waals surface area contributed by atoms with Crippen molar-refractivity contribution >= 4 is 5.91 Å². The lowest BCUT2D eigenvalue weighted by atomic mass is 9.69. The monoisotopic (exact) mass is 170 g/mol. The van der Waals surface area contributed by atoms with Crippen LogP contribution in [0.4, 0.5) is 0 Å². The summed E-state index contributed by atoms with van der Waals surface area (Å²) in [5.74, 6) is 0.117. The van der Waals surface area contributed by atoms with Gasteiger partial charge in [0.2, 0.25) is 0 Å². The molecular weight excluding hydrogens is 156 g/mol. The van der Waals surface area contributed by atoms with E-state index in [4.69, 9.17) is 4.84 Å². The van der Waals surface area contributed by atoms with Gasteiger partial charge in [0.15, 0.2) is 0 Å². The van der Waals surface area contributed by atoms with Gasteiger partial charge in [-0.2, -0.15) is 0 Å². The molecule has 0 aromatic carbocycles. The van der Waals surface area contributed by atoms with E-state index in [1.165, 1.54) is 12.2 Å². The molecular formula is C8H14N2O2. The minimum atomic E-state index is -0.130. The highest BCUT2D eigenvalue weighted by atomic mass is 16.7. The molecule has 2 bridgehead atoms. The molecule has 1 aliphatic carbocycles. The average Bonchev–Trinajstić information content (AvgIpc) is 2.58. The van der Waals surface area contributed by atoms with Crippen molar-refractivity contribution < 1.29 is 9.63 Å². The molecule has 0 spiro atoms. The minimum Gasteiger partial charge on any atom is -0.313 e. The molecule has 3 rings (SSSR count). The molecule has 0 aromatic rings. The van der Waals surface area contributed by atoms with Crippen LogP contribution in [0.15, 0.2) is 0 Å². The molecule has 0 atom stereocenters. The van der Waals surface area contributed by atoms with Crippen LogP contribution in [0.3, 0.4) is 0 Å². The van der Waals surface area contributed by atoms with Gasteiger partial charge in [-0.05, 0) is 12.8 Å². The van der Waals surface area contributed by atoms with Crippen molar-refractivity contribution in [3.05, 3.63) is 0 Å². The van der Waals surface area contributed by atoms with Gasteiger partial charge in [-0.25, -0.2) is 5.06 Å². The SMILES string of the molecule is CON(C)C(=O)C12CNC(C1)C2. The molecule has 0 aromatic heterocycles. The molecule has 1 N–H and O–H groups in total. The van der Waals surface area contributed by atoms with Crippen LogP contribution in [0.1, 0.15) is 12.8 Å². The Kier molecular flexibility index (Phi) is 1.63. The van der Waals surface area contributed by atoms with E-state index in [2.05, 4.69) is 5.32 Å². The second-order valence-electron chi connectivity index (χ2n) is 3.75. The van der Waals surface area contributed by atoms with Crippen LogP contribution < -0.4 is 5.32 Å². The van der Waals surface area contributed by atoms with Crippen LogP contribution in [0, 0.1) is 5.41 Å². The number of rotatable bonds is 2. The van der Waals surface area contributed by atoms with E-state index in [1.54, 1.807) is 7.05 Å². The van der Waals surface area contributed by atoms with Crippen molar-refractivity contribution in [2.45, 2.75) is 18.9 Å². The molecule has 1 amide bonds. The molecule has 0 unspecified atom stereocenters. The lowest BCUT2D eigenvalue weighted by Crippen LogP contribution is -2.47. The Labute approximate surface area is 71.8 Å². The van der Waals surface area contributed by atoms with Gasteiger partial charge in [-0.1, -0.05) is 0 Å². The lowest BCUT2D eigenvalue weighted by molar-refractivity contribution is -0.182. The zero-order chi connectivity index (χ0) is 8.77. The van der Waals surface area contributed by atoms with E-state index in [0.29, 0.717) is 6.04 Å². The standard InChI is InChI=1S/C8H14N2O2/c1-10(12-2)7(11)8-3-6(4-8)9-5-8/h6,9H,3-5H2,1-2H3. The summed E-state index contributed by atoms with van der Waals surface area (Å²) in [6.45, 7) is 0.824. The van der Waals surface area contributed by atoms with E-state index < -0.39 is 0 Å². The topological polar surface area (TPSA) is 41.6 Å². The Morgan fingerprint density at radius 3 is 2.75 bits per heavy atom. The fraction of sp³-hybridized carbons (Fsp3) is 0.875. The zero-order valence-electron chi connectivity index (χ0n) is 7.46. The Balaban J connectivity index is 2.05. The van der Waals surface area contributed by atoms with Gasteiger partial charge in [-0.15, -0.1) is 0 Å². The first kappa shape index (κ1) is 8.01. The van der Waals surface area contributed by atoms with Crippen molar-refractivity contribution in [1.82, 2.24) is 10.4 Å². The van der Waals surface area contributed by atoms with Gasteiger partial charge >= 0.3 is 0 Å². The number of carbonyl (C=O) groups is 1. The van der Waals surface area contributed by atoms with Crippen LogP contribution in [-0.4, -0.2) is 37.7 Å². The van der Waals surface area contributed by atoms with E-state index in [0.717, 1.165) is 19.4 Å². The van der Waals surface area contributed by atoms with Gasteiger partial charge in [0.25, 0.3) is 5.91 Å². The van der Waals surface area contributed by atoms with E-state index in [9.17, 15) is 4.79 Å². The van der Waals surface area contributed by atoms with Crippen molar-refractivity contribution in [2.24, 2.45) is 5.41 Å². The van der Waals surface area contributed by atoms with Crippen molar-refractivity contribution in [3.63, 3.8) is 0 Å². The highest BCUT2D eigenvalue weighted by Crippen LogP contribution is 2.47. The van der Waals surface area contributed by atoms with Gasteiger partial charge in [0.1, 0.15) is 0 Å². The molecule has 2 aliphatic heterocycles. The van der Waals surface area contributed by atoms with Gasteiger partial charge in [0.05, 0.1) is 12.5 Å². The number of amides is 1. The maximum atomic E-state index is 11.7. The van der Waals surface area contributed by atoms with Gasteiger partial charge < -0.3 is 5.32 Å². The Hall–Kier alpha value is -0.610. The first-order chi connectivity index (χ1) is 5.68. The number of nitrogens with one attached hydrogen (secondary N) is 1. The predicted molar refractivity (Wildman–Crippen MR) is 43.2 cm³/mol. The third-order valence-electron chi connectivity index (χ3n) is 3.02. The number of nitrogens with zero attached hydrogens (tertiary/aromatic N) is 1. The Bertz CT molecular complexity index is 206. The van der Waals surface area contributed by atoms with Crippen molar-refractivity contribution in [2.75, 3.05) is 20.7 Å². The number of fused-ring (bicyclic) bond motifs is 1. The van der Waals surface area contributed by atoms with E-state index in [1.807, 2.05) is 0 Å². The first-order valence-electron chi connectivity index (χ1n) is 4.24. The minimum absolute atomic E-state index is 0.117. The van der Waals surface area contributed by atoms with Gasteiger partial charge in [0, 0.05) is 19.6 Å². The summed E-state index contributed by atoms with van der Waals surface area (Å²) in [6, 6.07) is 0.583. The van der Waals surface area contributed by atoms with Crippen LogP contribution in [0.5, 0.6) is 0 Å². The quantitative estimate of drug-likeness (QED) is 0.581. The average molecular weight is 170 g/mol. The Morgan fingerprint density at radius 2 is 2.33 bits per heavy atom. The lowest BCUT2D eigenvalue weighted by Gasteiger charge is -2.37. The molecule has 0 radical (unpaired) electrons. The fourth-order valence-electron chi connectivity index (χ4n) is 2.18. The molecule has 12 heavy (non-hydrogen) atoms. The van der Waals surface area contributed by atoms with Crippen molar-refractivity contribution in [1.29, 1.82) is 0 Å². The summed E-state index contributed by atoms with van der Waals surface area (Å²) in [4.78, 5) is 16.6. The van der Waals surface area contributed by atoms with Crippen molar-refractivity contribution in [3.8, 4) is 0 Å². The van der Waals surface area contributed by atoms with E-state index >= 15 is 0 Å². The molecule has 3 fully saturated rings. The molecule has 4 nitrogen and oxygen atoms in total. The van der Waals surface area contributed by atoms with Crippen LogP contribution in [0.25, 0.3) is 0 Å². The number of carbonyl (C=O) groups excluding carboxylic acids is 1. The summed E-state index contributed by atoms with van der Waals surface area (Å²) in [5.41, 5.74) is -0.130. The zero-order valence-corrected chi connectivity index (χ0v) is 7.46. The molecule has 3 aliphatic rings. The summed E-state index contributed by atoms with van der Waals surface area (Å²) in [7, 11) is 3.19. The molecule has 2 saturated heterocycles. The summed E-state index contributed by atoms with van der Waals surface area (Å²) in [5, 5.41) is 4.63. The number of hydrogen-bond acceptors (Lipinski definition) is 3.